The molecule has 0 atom stereocenters. The van der Waals surface area contributed by atoms with Crippen LogP contribution in [0.2, 0.25) is 0 Å². The third-order valence-corrected chi connectivity index (χ3v) is 0. The number of hydrogen-bond acceptors (Lipinski definition) is 0. The van der Waals surface area contributed by atoms with Crippen LogP contribution in [-0.2, 0) is 0 Å². The van der Waals surface area contributed by atoms with E-state index in [9.17, 15) is 0 Å². The molecule has 0 aliphatic rings. The summed E-state index contributed by atoms with van der Waals surface area (Å²) in [6.45, 7) is 0. The molecule has 0 bridgehead atoms. The largest absolute Gasteiger partial charge is 2.00 e. The zero-order chi connectivity index (χ0) is 0. The summed E-state index contributed by atoms with van der Waals surface area (Å²) in [6, 6.07) is 0. The predicted octanol–water partition coefficient (Wildman–Crippen LogP) is -6.08. The van der Waals surface area contributed by atoms with Crippen molar-refractivity contribution < 1.29 is 46.3 Å². The van der Waals surface area contributed by atoms with Crippen molar-refractivity contribution in [2.45, 2.75) is 0 Å². The van der Waals surface area contributed by atoms with Gasteiger partial charge in [0.1, 0.15) is 0 Å². The van der Waals surface area contributed by atoms with E-state index in [1.165, 1.54) is 0 Å². The third kappa shape index (κ3) is 8.83. The summed E-state index contributed by atoms with van der Waals surface area (Å²) in [5, 5.41) is 0. The first-order valence-corrected chi connectivity index (χ1v) is 0. The van der Waals surface area contributed by atoms with Crippen LogP contribution < -0.4 is 37.7 Å². The predicted molar refractivity (Wildman–Crippen MR) is 18.2 cm³/mol. The first-order valence-electron chi connectivity index (χ1n) is 0. The van der Waals surface area contributed by atoms with Gasteiger partial charge in [-0.3, -0.25) is 0 Å². The minimum atomic E-state index is 0. The van der Waals surface area contributed by atoms with E-state index in [4.69, 9.17) is 0 Å². The molecule has 0 heterocycles. The summed E-state index contributed by atoms with van der Waals surface area (Å²) in [7, 11) is 0. The molecule has 0 aromatic carbocycles. The minimum Gasteiger partial charge on any atom is -1.00 e. The van der Waals surface area contributed by atoms with Crippen molar-refractivity contribution in [2.75, 3.05) is 0 Å². The van der Waals surface area contributed by atoms with Crippen LogP contribution in [0.3, 0.4) is 0 Å². The Balaban J connectivity index is 0. The van der Waals surface area contributed by atoms with E-state index >= 15 is 0 Å². The molecule has 12 valence electrons. The molecule has 0 rings (SSSR count). The fourth-order valence-corrected chi connectivity index (χ4v) is 0. The fourth-order valence-electron chi connectivity index (χ4n) is 0. The first kappa shape index (κ1) is 29.7. The normalized spacial score (nSPS) is 0. The molecule has 0 saturated carbocycles. The monoisotopic (exact) mass is 68.0 g/mol. The van der Waals surface area contributed by atoms with Crippen molar-refractivity contribution in [3.63, 3.8) is 0 Å². The first-order chi connectivity index (χ1) is 0. The maximum Gasteiger partial charge on any atom is 2.00 e. The van der Waals surface area contributed by atoms with E-state index in [0.29, 0.717) is 0 Å². The van der Waals surface area contributed by atoms with Crippen LogP contribution >= 0.6 is 0 Å². The van der Waals surface area contributed by atoms with Gasteiger partial charge in [-0.05, 0) is 0 Å². The van der Waals surface area contributed by atoms with Crippen molar-refractivity contribution in [1.29, 1.82) is 0 Å². The zero-order valence-corrected chi connectivity index (χ0v) is 6.24. The van der Waals surface area contributed by atoms with Gasteiger partial charge < -0.3 is 8.56 Å². The molecule has 4 heteroatoms. The summed E-state index contributed by atoms with van der Waals surface area (Å²) < 4.78 is 0. The summed E-state index contributed by atoms with van der Waals surface area (Å²) in [4.78, 5) is 0. The van der Waals surface area contributed by atoms with Crippen molar-refractivity contribution in [1.82, 2.24) is 0 Å². The molecular formula is H6Li2Mg2. The standard InChI is InChI=1S/2Li.2Mg.6H/q2*+1;2*+2;6*-1. The third-order valence-electron chi connectivity index (χ3n) is 0. The summed E-state index contributed by atoms with van der Waals surface area (Å²) >= 11 is 0. The summed E-state index contributed by atoms with van der Waals surface area (Å²) in [5.41, 5.74) is 0. The van der Waals surface area contributed by atoms with Crippen molar-refractivity contribution >= 4 is 46.1 Å². The molecule has 0 fully saturated rings. The topological polar surface area (TPSA) is 0 Å². The van der Waals surface area contributed by atoms with Crippen LogP contribution in [0.15, 0.2) is 0 Å². The molecule has 0 N–H and O–H groups in total. The van der Waals surface area contributed by atoms with Gasteiger partial charge in [0.05, 0.1) is 0 Å². The average molecular weight is 68.5 g/mol. The molecular weight excluding hydrogens is 62.5 g/mol. The SMILES string of the molecule is [H-].[H-].[H-].[H-].[H-].[H-].[Li+].[Li+].[Mg+2].[Mg+2]. The number of hydrogen-bond donors (Lipinski definition) is 0. The molecule has 0 aromatic rings. The van der Waals surface area contributed by atoms with E-state index in [0.717, 1.165) is 0 Å². The molecule has 0 amide bonds. The molecule has 0 saturated heterocycles. The Morgan fingerprint density at radius 2 is 0.750 bits per heavy atom. The molecule has 0 unspecified atom stereocenters. The van der Waals surface area contributed by atoms with E-state index < -0.39 is 0 Å². The Labute approximate surface area is 91.4 Å². The van der Waals surface area contributed by atoms with Gasteiger partial charge in [-0.25, -0.2) is 0 Å². The fraction of sp³-hybridized carbons (Fsp3) is 0. The van der Waals surface area contributed by atoms with Crippen LogP contribution in [0.25, 0.3) is 0 Å². The summed E-state index contributed by atoms with van der Waals surface area (Å²) in [6.07, 6.45) is 0. The Morgan fingerprint density at radius 1 is 0.750 bits per heavy atom. The Morgan fingerprint density at radius 3 is 0.750 bits per heavy atom. The molecule has 4 heavy (non-hydrogen) atoms. The van der Waals surface area contributed by atoms with Crippen LogP contribution in [0.5, 0.6) is 0 Å². The van der Waals surface area contributed by atoms with Gasteiger partial charge in [0.25, 0.3) is 0 Å². The van der Waals surface area contributed by atoms with Crippen LogP contribution in [0.4, 0.5) is 0 Å². The second kappa shape index (κ2) is 17.2. The van der Waals surface area contributed by atoms with Crippen molar-refractivity contribution in [3.05, 3.63) is 0 Å². The van der Waals surface area contributed by atoms with Gasteiger partial charge in [-0.2, -0.15) is 0 Å². The van der Waals surface area contributed by atoms with Crippen LogP contribution in [0, 0.1) is 0 Å². The van der Waals surface area contributed by atoms with Crippen LogP contribution in [0.1, 0.15) is 8.56 Å². The minimum absolute atomic E-state index is 0. The average Bonchev–Trinajstić information content (AvgIpc) is 0. The van der Waals surface area contributed by atoms with E-state index in [1.54, 1.807) is 0 Å². The maximum atomic E-state index is 0. The van der Waals surface area contributed by atoms with E-state index in [1.807, 2.05) is 0 Å². The second-order valence-electron chi connectivity index (χ2n) is 0. The Hall–Kier alpha value is 2.73. The van der Waals surface area contributed by atoms with Gasteiger partial charge in [-0.15, -0.1) is 0 Å². The van der Waals surface area contributed by atoms with Gasteiger partial charge in [0, 0.05) is 0 Å². The molecule has 0 nitrogen and oxygen atoms in total. The molecule has 0 radical (unpaired) electrons. The maximum absolute atomic E-state index is 0. The quantitative estimate of drug-likeness (QED) is 0.248. The van der Waals surface area contributed by atoms with Gasteiger partial charge in [0.15, 0.2) is 0 Å². The van der Waals surface area contributed by atoms with Crippen molar-refractivity contribution in [2.24, 2.45) is 0 Å². The van der Waals surface area contributed by atoms with Gasteiger partial charge in [0.2, 0.25) is 0 Å². The zero-order valence-electron chi connectivity index (χ0n) is 9.41. The van der Waals surface area contributed by atoms with Crippen molar-refractivity contribution in [3.8, 4) is 0 Å². The van der Waals surface area contributed by atoms with Gasteiger partial charge >= 0.3 is 83.8 Å². The molecule has 0 spiro atoms. The Kier molecular flexibility index (Phi) is 128. The summed E-state index contributed by atoms with van der Waals surface area (Å²) in [5.74, 6) is 0. The smallest absolute Gasteiger partial charge is 1.00 e. The van der Waals surface area contributed by atoms with E-state index in [-0.39, 0.29) is 92.4 Å². The van der Waals surface area contributed by atoms with E-state index in [2.05, 4.69) is 0 Å². The molecule has 0 aliphatic carbocycles. The van der Waals surface area contributed by atoms with Crippen LogP contribution in [-0.4, -0.2) is 46.1 Å². The Bertz CT molecular complexity index is 13.7. The molecule has 0 aliphatic heterocycles. The van der Waals surface area contributed by atoms with Gasteiger partial charge in [-0.1, -0.05) is 0 Å². The second-order valence-corrected chi connectivity index (χ2v) is 0. The number of rotatable bonds is 0. The molecule has 0 aromatic heterocycles.